The van der Waals surface area contributed by atoms with E-state index in [1.165, 1.54) is 6.07 Å². The summed E-state index contributed by atoms with van der Waals surface area (Å²) < 4.78 is 28.3. The average Bonchev–Trinajstić information content (AvgIpc) is 2.69. The van der Waals surface area contributed by atoms with Gasteiger partial charge in [-0.25, -0.2) is 8.78 Å². The second-order valence-electron chi connectivity index (χ2n) is 8.08. The van der Waals surface area contributed by atoms with Crippen molar-refractivity contribution in [3.8, 4) is 0 Å². The minimum absolute atomic E-state index is 0.0847. The Labute approximate surface area is 178 Å². The number of benzene rings is 1. The summed E-state index contributed by atoms with van der Waals surface area (Å²) in [4.78, 5) is 25.7. The fourth-order valence-electron chi connectivity index (χ4n) is 3.88. The van der Waals surface area contributed by atoms with Gasteiger partial charge in [0.15, 0.2) is 0 Å². The zero-order valence-corrected chi connectivity index (χ0v) is 17.7. The molecule has 1 heterocycles. The molecule has 1 aliphatic carbocycles. The Hall–Kier alpha value is -2.03. The molecular formula is C21H26ClF2N3O3. The highest BCUT2D eigenvalue weighted by atomic mass is 35.5. The standard InChI is InChI=1S/C21H26ClF2N3O3/c1-13(11-25-2)27-10-5-14-15(19(27)29)3-4-16(22)17(14)18(28)26-12-20(30)6-8-21(23,24)9-7-20/h3-5,10,13,25,30H,6-9,11-12H2,1-2H3,(H,26,28)/t13-/m1/s1. The van der Waals surface area contributed by atoms with Crippen molar-refractivity contribution < 1.29 is 18.7 Å². The molecule has 0 spiro atoms. The van der Waals surface area contributed by atoms with E-state index in [9.17, 15) is 23.5 Å². The minimum Gasteiger partial charge on any atom is -0.388 e. The lowest BCUT2D eigenvalue weighted by Crippen LogP contribution is -2.47. The van der Waals surface area contributed by atoms with Crippen LogP contribution in [0.25, 0.3) is 10.8 Å². The van der Waals surface area contributed by atoms with Crippen molar-refractivity contribution >= 4 is 28.3 Å². The van der Waals surface area contributed by atoms with E-state index in [2.05, 4.69) is 10.6 Å². The molecule has 1 atom stereocenters. The fraction of sp³-hybridized carbons (Fsp3) is 0.524. The maximum atomic E-state index is 13.4. The molecular weight excluding hydrogens is 416 g/mol. The summed E-state index contributed by atoms with van der Waals surface area (Å²) in [6, 6.07) is 4.65. The van der Waals surface area contributed by atoms with Crippen molar-refractivity contribution in [1.29, 1.82) is 0 Å². The van der Waals surface area contributed by atoms with Gasteiger partial charge in [-0.1, -0.05) is 11.6 Å². The van der Waals surface area contributed by atoms with Gasteiger partial charge in [-0.3, -0.25) is 9.59 Å². The zero-order valence-electron chi connectivity index (χ0n) is 17.0. The van der Waals surface area contributed by atoms with E-state index < -0.39 is 30.3 Å². The summed E-state index contributed by atoms with van der Waals surface area (Å²) in [5.74, 6) is -3.34. The average molecular weight is 442 g/mol. The molecule has 1 aromatic carbocycles. The largest absolute Gasteiger partial charge is 0.388 e. The summed E-state index contributed by atoms with van der Waals surface area (Å²) in [5, 5.41) is 17.1. The number of carbonyl (C=O) groups is 1. The number of nitrogens with one attached hydrogen (secondary N) is 2. The van der Waals surface area contributed by atoms with Crippen LogP contribution in [0.5, 0.6) is 0 Å². The van der Waals surface area contributed by atoms with Crippen LogP contribution in [-0.2, 0) is 0 Å². The van der Waals surface area contributed by atoms with Gasteiger partial charge in [0.05, 0.1) is 16.2 Å². The van der Waals surface area contributed by atoms with Gasteiger partial charge in [-0.15, -0.1) is 0 Å². The van der Waals surface area contributed by atoms with Crippen LogP contribution in [0, 0.1) is 0 Å². The monoisotopic (exact) mass is 441 g/mol. The molecule has 1 aromatic heterocycles. The number of fused-ring (bicyclic) bond motifs is 1. The summed E-state index contributed by atoms with van der Waals surface area (Å²) in [6.07, 6.45) is 0.587. The van der Waals surface area contributed by atoms with Crippen LogP contribution < -0.4 is 16.2 Å². The van der Waals surface area contributed by atoms with Crippen molar-refractivity contribution in [1.82, 2.24) is 15.2 Å². The number of carbonyl (C=O) groups excluding carboxylic acids is 1. The molecule has 9 heteroatoms. The van der Waals surface area contributed by atoms with Crippen LogP contribution in [0.3, 0.4) is 0 Å². The number of aliphatic hydroxyl groups is 1. The van der Waals surface area contributed by atoms with E-state index in [1.54, 1.807) is 29.9 Å². The van der Waals surface area contributed by atoms with Crippen LogP contribution in [0.4, 0.5) is 8.78 Å². The number of pyridine rings is 1. The molecule has 3 rings (SSSR count). The molecule has 1 saturated carbocycles. The molecule has 0 radical (unpaired) electrons. The Morgan fingerprint density at radius 3 is 2.53 bits per heavy atom. The van der Waals surface area contributed by atoms with Gasteiger partial charge < -0.3 is 20.3 Å². The van der Waals surface area contributed by atoms with E-state index in [4.69, 9.17) is 11.6 Å². The summed E-state index contributed by atoms with van der Waals surface area (Å²) >= 11 is 6.25. The van der Waals surface area contributed by atoms with Gasteiger partial charge in [0, 0.05) is 48.9 Å². The molecule has 6 nitrogen and oxygen atoms in total. The first-order valence-corrected chi connectivity index (χ1v) is 10.3. The van der Waals surface area contributed by atoms with Crippen LogP contribution in [0.1, 0.15) is 49.0 Å². The lowest BCUT2D eigenvalue weighted by Gasteiger charge is -2.35. The Balaban J connectivity index is 1.86. The highest BCUT2D eigenvalue weighted by molar-refractivity contribution is 6.35. The van der Waals surface area contributed by atoms with Crippen molar-refractivity contribution in [3.05, 3.63) is 45.3 Å². The number of rotatable bonds is 6. The van der Waals surface area contributed by atoms with Gasteiger partial charge in [0.25, 0.3) is 11.5 Å². The molecule has 1 aliphatic rings. The van der Waals surface area contributed by atoms with Crippen LogP contribution >= 0.6 is 11.6 Å². The molecule has 1 amide bonds. The van der Waals surface area contributed by atoms with Crippen molar-refractivity contribution in [3.63, 3.8) is 0 Å². The van der Waals surface area contributed by atoms with E-state index in [-0.39, 0.29) is 41.6 Å². The van der Waals surface area contributed by atoms with Crippen LogP contribution in [-0.4, -0.2) is 47.2 Å². The summed E-state index contributed by atoms with van der Waals surface area (Å²) in [5.41, 5.74) is -1.50. The van der Waals surface area contributed by atoms with E-state index in [0.717, 1.165) is 0 Å². The Kier molecular flexibility index (Phi) is 6.50. The van der Waals surface area contributed by atoms with E-state index >= 15 is 0 Å². The van der Waals surface area contributed by atoms with Gasteiger partial charge in [0.1, 0.15) is 0 Å². The molecule has 3 N–H and O–H groups in total. The van der Waals surface area contributed by atoms with Gasteiger partial charge in [-0.05, 0) is 45.0 Å². The Bertz CT molecular complexity index is 999. The lowest BCUT2D eigenvalue weighted by molar-refractivity contribution is -0.101. The highest BCUT2D eigenvalue weighted by Gasteiger charge is 2.42. The lowest BCUT2D eigenvalue weighted by atomic mass is 9.82. The number of nitrogens with zero attached hydrogens (tertiary/aromatic N) is 1. The number of halogens is 3. The topological polar surface area (TPSA) is 83.4 Å². The number of hydrogen-bond acceptors (Lipinski definition) is 4. The molecule has 0 unspecified atom stereocenters. The maximum absolute atomic E-state index is 13.4. The quantitative estimate of drug-likeness (QED) is 0.643. The first-order chi connectivity index (χ1) is 14.1. The van der Waals surface area contributed by atoms with Gasteiger partial charge in [-0.2, -0.15) is 0 Å². The third-order valence-electron chi connectivity index (χ3n) is 5.75. The SMILES string of the molecule is CNC[C@@H](C)n1ccc2c(C(=O)NCC3(O)CCC(F)(F)CC3)c(Cl)ccc2c1=O. The van der Waals surface area contributed by atoms with Crippen molar-refractivity contribution in [2.75, 3.05) is 20.1 Å². The van der Waals surface area contributed by atoms with Gasteiger partial charge >= 0.3 is 0 Å². The number of likely N-dealkylation sites (N-methyl/N-ethyl adjacent to an activating group) is 1. The van der Waals surface area contributed by atoms with E-state index in [1.807, 2.05) is 6.92 Å². The Morgan fingerprint density at radius 2 is 1.90 bits per heavy atom. The number of alkyl halides is 2. The smallest absolute Gasteiger partial charge is 0.258 e. The molecule has 0 bridgehead atoms. The molecule has 30 heavy (non-hydrogen) atoms. The summed E-state index contributed by atoms with van der Waals surface area (Å²) in [7, 11) is 1.80. The first kappa shape index (κ1) is 22.7. The predicted octanol–water partition coefficient (Wildman–Crippen LogP) is 3.11. The second-order valence-corrected chi connectivity index (χ2v) is 8.49. The normalized spacial score (nSPS) is 18.9. The molecule has 2 aromatic rings. The molecule has 0 saturated heterocycles. The molecule has 0 aliphatic heterocycles. The summed E-state index contributed by atoms with van der Waals surface area (Å²) in [6.45, 7) is 2.34. The first-order valence-electron chi connectivity index (χ1n) is 9.93. The minimum atomic E-state index is -2.78. The zero-order chi connectivity index (χ0) is 22.1. The van der Waals surface area contributed by atoms with Crippen molar-refractivity contribution in [2.45, 2.75) is 50.2 Å². The Morgan fingerprint density at radius 1 is 1.23 bits per heavy atom. The van der Waals surface area contributed by atoms with Crippen LogP contribution in [0.15, 0.2) is 29.2 Å². The number of amides is 1. The number of aromatic nitrogens is 1. The van der Waals surface area contributed by atoms with Crippen LogP contribution in [0.2, 0.25) is 5.02 Å². The van der Waals surface area contributed by atoms with E-state index in [0.29, 0.717) is 17.3 Å². The third kappa shape index (κ3) is 4.66. The molecule has 1 fully saturated rings. The molecule has 164 valence electrons. The van der Waals surface area contributed by atoms with Gasteiger partial charge in [0.2, 0.25) is 5.92 Å². The number of hydrogen-bond donors (Lipinski definition) is 3. The van der Waals surface area contributed by atoms with Crippen molar-refractivity contribution in [2.24, 2.45) is 0 Å². The predicted molar refractivity (Wildman–Crippen MR) is 113 cm³/mol. The fourth-order valence-corrected chi connectivity index (χ4v) is 4.13. The highest BCUT2D eigenvalue weighted by Crippen LogP contribution is 2.38. The third-order valence-corrected chi connectivity index (χ3v) is 6.07. The second kappa shape index (κ2) is 8.61. The maximum Gasteiger partial charge on any atom is 0.258 e.